The van der Waals surface area contributed by atoms with Gasteiger partial charge in [0.1, 0.15) is 0 Å². The average molecular weight is 305 g/mol. The van der Waals surface area contributed by atoms with Crippen LogP contribution >= 0.6 is 15.9 Å². The zero-order chi connectivity index (χ0) is 12.3. The third-order valence-corrected chi connectivity index (χ3v) is 3.60. The van der Waals surface area contributed by atoms with Crippen molar-refractivity contribution in [2.24, 2.45) is 0 Å². The van der Waals surface area contributed by atoms with Gasteiger partial charge in [0.25, 0.3) is 6.43 Å². The highest BCUT2D eigenvalue weighted by Crippen LogP contribution is 2.28. The summed E-state index contributed by atoms with van der Waals surface area (Å²) in [4.78, 5) is 0. The molecule has 0 spiro atoms. The lowest BCUT2D eigenvalue weighted by molar-refractivity contribution is 0.151. The van der Waals surface area contributed by atoms with E-state index in [0.717, 1.165) is 18.8 Å². The SMILES string of the molecule is FC(F)c1ccc(NCC2CCCN2)c(Br)c1. The molecule has 1 aliphatic rings. The third-order valence-electron chi connectivity index (χ3n) is 2.95. The molecular formula is C12H15BrF2N2. The Bertz CT molecular complexity index is 379. The van der Waals surface area contributed by atoms with Crippen LogP contribution in [0.1, 0.15) is 24.8 Å². The molecule has 94 valence electrons. The molecule has 0 radical (unpaired) electrons. The molecule has 2 N–H and O–H groups in total. The van der Waals surface area contributed by atoms with Crippen LogP contribution in [0.25, 0.3) is 0 Å². The first-order chi connectivity index (χ1) is 8.16. The van der Waals surface area contributed by atoms with Crippen molar-refractivity contribution < 1.29 is 8.78 Å². The molecular weight excluding hydrogens is 290 g/mol. The van der Waals surface area contributed by atoms with Crippen molar-refractivity contribution in [2.75, 3.05) is 18.4 Å². The van der Waals surface area contributed by atoms with Crippen LogP contribution < -0.4 is 10.6 Å². The van der Waals surface area contributed by atoms with Crippen LogP contribution in [0.2, 0.25) is 0 Å². The average Bonchev–Trinajstić information content (AvgIpc) is 2.80. The summed E-state index contributed by atoms with van der Waals surface area (Å²) < 4.78 is 25.6. The number of hydrogen-bond acceptors (Lipinski definition) is 2. The van der Waals surface area contributed by atoms with Crippen LogP contribution in [0.5, 0.6) is 0 Å². The molecule has 1 saturated heterocycles. The summed E-state index contributed by atoms with van der Waals surface area (Å²) in [6.07, 6.45) is -0.0470. The van der Waals surface area contributed by atoms with Crippen molar-refractivity contribution in [3.8, 4) is 0 Å². The molecule has 0 bridgehead atoms. The van der Waals surface area contributed by atoms with Crippen LogP contribution in [0.15, 0.2) is 22.7 Å². The molecule has 1 aromatic carbocycles. The lowest BCUT2D eigenvalue weighted by atomic mass is 10.2. The fourth-order valence-corrected chi connectivity index (χ4v) is 2.51. The van der Waals surface area contributed by atoms with E-state index in [2.05, 4.69) is 26.6 Å². The van der Waals surface area contributed by atoms with E-state index in [0.29, 0.717) is 10.5 Å². The molecule has 1 aromatic rings. The number of alkyl halides is 2. The van der Waals surface area contributed by atoms with Crippen molar-refractivity contribution in [2.45, 2.75) is 25.3 Å². The maximum absolute atomic E-state index is 12.5. The van der Waals surface area contributed by atoms with Gasteiger partial charge in [-0.15, -0.1) is 0 Å². The first-order valence-electron chi connectivity index (χ1n) is 5.71. The normalized spacial score (nSPS) is 19.9. The number of halogens is 3. The Morgan fingerprint density at radius 1 is 1.47 bits per heavy atom. The molecule has 0 saturated carbocycles. The Hall–Kier alpha value is -0.680. The Labute approximate surface area is 108 Å². The maximum Gasteiger partial charge on any atom is 0.263 e. The third kappa shape index (κ3) is 3.39. The molecule has 1 atom stereocenters. The van der Waals surface area contributed by atoms with Crippen LogP contribution in [-0.2, 0) is 0 Å². The monoisotopic (exact) mass is 304 g/mol. The summed E-state index contributed by atoms with van der Waals surface area (Å²) in [6.45, 7) is 1.89. The minimum atomic E-state index is -2.42. The molecule has 1 aliphatic heterocycles. The van der Waals surface area contributed by atoms with Gasteiger partial charge in [0.2, 0.25) is 0 Å². The fourth-order valence-electron chi connectivity index (χ4n) is 1.97. The largest absolute Gasteiger partial charge is 0.383 e. The minimum Gasteiger partial charge on any atom is -0.383 e. The zero-order valence-corrected chi connectivity index (χ0v) is 10.9. The zero-order valence-electron chi connectivity index (χ0n) is 9.35. The second kappa shape index (κ2) is 5.78. The van der Waals surface area contributed by atoms with E-state index >= 15 is 0 Å². The van der Waals surface area contributed by atoms with Gasteiger partial charge in [0.15, 0.2) is 0 Å². The fraction of sp³-hybridized carbons (Fsp3) is 0.500. The Morgan fingerprint density at radius 2 is 2.29 bits per heavy atom. The summed E-state index contributed by atoms with van der Waals surface area (Å²) in [5, 5.41) is 6.64. The van der Waals surface area contributed by atoms with Crippen LogP contribution in [-0.4, -0.2) is 19.1 Å². The van der Waals surface area contributed by atoms with E-state index in [1.54, 1.807) is 6.07 Å². The van der Waals surface area contributed by atoms with Gasteiger partial charge in [-0.05, 0) is 47.4 Å². The number of anilines is 1. The summed E-state index contributed by atoms with van der Waals surface area (Å²) in [5.41, 5.74) is 0.907. The van der Waals surface area contributed by atoms with E-state index in [4.69, 9.17) is 0 Å². The standard InChI is InChI=1S/C12H15BrF2N2/c13-10-6-8(12(14)15)3-4-11(10)17-7-9-2-1-5-16-9/h3-4,6,9,12,16-17H,1-2,5,7H2. The van der Waals surface area contributed by atoms with Crippen LogP contribution in [0, 0.1) is 0 Å². The van der Waals surface area contributed by atoms with E-state index in [9.17, 15) is 8.78 Å². The van der Waals surface area contributed by atoms with Gasteiger partial charge in [-0.1, -0.05) is 6.07 Å². The first kappa shape index (κ1) is 12.8. The topological polar surface area (TPSA) is 24.1 Å². The quantitative estimate of drug-likeness (QED) is 0.889. The highest BCUT2D eigenvalue weighted by atomic mass is 79.9. The van der Waals surface area contributed by atoms with Gasteiger partial charge < -0.3 is 10.6 Å². The summed E-state index contributed by atoms with van der Waals surface area (Å²) in [6, 6.07) is 5.10. The van der Waals surface area contributed by atoms with Crippen molar-refractivity contribution in [1.29, 1.82) is 0 Å². The minimum absolute atomic E-state index is 0.0430. The molecule has 5 heteroatoms. The van der Waals surface area contributed by atoms with Crippen molar-refractivity contribution in [3.05, 3.63) is 28.2 Å². The molecule has 1 unspecified atom stereocenters. The van der Waals surface area contributed by atoms with Crippen molar-refractivity contribution in [1.82, 2.24) is 5.32 Å². The van der Waals surface area contributed by atoms with Crippen molar-refractivity contribution in [3.63, 3.8) is 0 Å². The summed E-state index contributed by atoms with van der Waals surface area (Å²) in [7, 11) is 0. The Morgan fingerprint density at radius 3 is 2.88 bits per heavy atom. The van der Waals surface area contributed by atoms with Gasteiger partial charge in [-0.25, -0.2) is 8.78 Å². The molecule has 0 aromatic heterocycles. The molecule has 1 fully saturated rings. The summed E-state index contributed by atoms with van der Waals surface area (Å²) >= 11 is 3.31. The van der Waals surface area contributed by atoms with Gasteiger partial charge in [0, 0.05) is 28.3 Å². The first-order valence-corrected chi connectivity index (χ1v) is 6.51. The van der Waals surface area contributed by atoms with Crippen LogP contribution in [0.3, 0.4) is 0 Å². The molecule has 0 amide bonds. The van der Waals surface area contributed by atoms with Gasteiger partial charge in [-0.2, -0.15) is 0 Å². The second-order valence-electron chi connectivity index (χ2n) is 4.21. The number of rotatable bonds is 4. The van der Waals surface area contributed by atoms with E-state index in [1.807, 2.05) is 0 Å². The predicted octanol–water partition coefficient (Wildman–Crippen LogP) is 3.55. The highest BCUT2D eigenvalue weighted by Gasteiger charge is 2.14. The van der Waals surface area contributed by atoms with E-state index in [-0.39, 0.29) is 5.56 Å². The van der Waals surface area contributed by atoms with Crippen molar-refractivity contribution >= 4 is 21.6 Å². The molecule has 2 rings (SSSR count). The van der Waals surface area contributed by atoms with Gasteiger partial charge in [-0.3, -0.25) is 0 Å². The second-order valence-corrected chi connectivity index (χ2v) is 5.07. The van der Waals surface area contributed by atoms with Crippen LogP contribution in [0.4, 0.5) is 14.5 Å². The smallest absolute Gasteiger partial charge is 0.263 e. The Kier molecular flexibility index (Phi) is 4.34. The van der Waals surface area contributed by atoms with Gasteiger partial charge >= 0.3 is 0 Å². The summed E-state index contributed by atoms with van der Waals surface area (Å²) in [5.74, 6) is 0. The maximum atomic E-state index is 12.5. The van der Waals surface area contributed by atoms with E-state index < -0.39 is 6.43 Å². The molecule has 1 heterocycles. The number of benzene rings is 1. The predicted molar refractivity (Wildman–Crippen MR) is 68.6 cm³/mol. The lowest BCUT2D eigenvalue weighted by Crippen LogP contribution is -2.29. The highest BCUT2D eigenvalue weighted by molar-refractivity contribution is 9.10. The van der Waals surface area contributed by atoms with Gasteiger partial charge in [0.05, 0.1) is 0 Å². The lowest BCUT2D eigenvalue weighted by Gasteiger charge is -2.14. The Balaban J connectivity index is 1.96. The molecule has 2 nitrogen and oxygen atoms in total. The molecule has 17 heavy (non-hydrogen) atoms. The number of hydrogen-bond donors (Lipinski definition) is 2. The van der Waals surface area contributed by atoms with E-state index in [1.165, 1.54) is 25.0 Å². The molecule has 0 aliphatic carbocycles. The number of nitrogens with one attached hydrogen (secondary N) is 2.